The van der Waals surface area contributed by atoms with Gasteiger partial charge >= 0.3 is 0 Å². The number of hydrogen-bond acceptors (Lipinski definition) is 3. The Labute approximate surface area is 91.7 Å². The molecule has 0 aromatic heterocycles. The SMILES string of the molecule is COCCOC1=CC(F)C(C=O)C2=C(F)C12. The Morgan fingerprint density at radius 3 is 2.88 bits per heavy atom. The standard InChI is InChI=1S/C11H12F2O3/c1-15-2-3-16-8-4-7(12)6(5-14)9-10(8)11(9)13/h4-7,10H,2-3H2,1H3. The van der Waals surface area contributed by atoms with Crippen molar-refractivity contribution in [2.24, 2.45) is 11.8 Å². The highest BCUT2D eigenvalue weighted by Gasteiger charge is 2.51. The summed E-state index contributed by atoms with van der Waals surface area (Å²) in [6, 6.07) is 0. The number of allylic oxidation sites excluding steroid dienone is 2. The zero-order chi connectivity index (χ0) is 11.7. The number of ether oxygens (including phenoxy) is 2. The first-order chi connectivity index (χ1) is 7.70. The number of carbonyl (C=O) groups is 1. The zero-order valence-electron chi connectivity index (χ0n) is 8.78. The average molecular weight is 230 g/mol. The van der Waals surface area contributed by atoms with Crippen LogP contribution in [0.25, 0.3) is 0 Å². The maximum Gasteiger partial charge on any atom is 0.135 e. The number of halogens is 2. The molecule has 0 N–H and O–H groups in total. The second-order valence-corrected chi connectivity index (χ2v) is 3.75. The Morgan fingerprint density at radius 2 is 2.25 bits per heavy atom. The molecular formula is C11H12F2O3. The van der Waals surface area contributed by atoms with Crippen LogP contribution in [0.15, 0.2) is 23.2 Å². The van der Waals surface area contributed by atoms with E-state index in [1.165, 1.54) is 13.2 Å². The first-order valence-electron chi connectivity index (χ1n) is 5.03. The Hall–Kier alpha value is -1.23. The normalized spacial score (nSPS) is 31.9. The molecule has 0 aromatic carbocycles. The van der Waals surface area contributed by atoms with Gasteiger partial charge in [0.15, 0.2) is 0 Å². The highest BCUT2D eigenvalue weighted by molar-refractivity contribution is 5.68. The lowest BCUT2D eigenvalue weighted by Gasteiger charge is -2.19. The summed E-state index contributed by atoms with van der Waals surface area (Å²) in [7, 11) is 1.51. The molecule has 16 heavy (non-hydrogen) atoms. The van der Waals surface area contributed by atoms with Gasteiger partial charge in [-0.2, -0.15) is 0 Å². The molecule has 2 rings (SSSR count). The fourth-order valence-electron chi connectivity index (χ4n) is 1.89. The van der Waals surface area contributed by atoms with E-state index in [4.69, 9.17) is 9.47 Å². The summed E-state index contributed by atoms with van der Waals surface area (Å²) in [5.41, 5.74) is 0.234. The first kappa shape index (κ1) is 11.3. The van der Waals surface area contributed by atoms with Crippen LogP contribution in [-0.4, -0.2) is 32.8 Å². The van der Waals surface area contributed by atoms with Crippen LogP contribution in [0.3, 0.4) is 0 Å². The Kier molecular flexibility index (Phi) is 3.05. The molecule has 0 spiro atoms. The predicted molar refractivity (Wildman–Crippen MR) is 52.0 cm³/mol. The number of fused-ring (bicyclic) bond motifs is 1. The van der Waals surface area contributed by atoms with Gasteiger partial charge in [0, 0.05) is 7.11 Å². The smallest absolute Gasteiger partial charge is 0.135 e. The number of methoxy groups -OCH3 is 1. The Balaban J connectivity index is 2.04. The summed E-state index contributed by atoms with van der Waals surface area (Å²) in [4.78, 5) is 10.6. The van der Waals surface area contributed by atoms with Gasteiger partial charge in [-0.25, -0.2) is 8.78 Å². The largest absolute Gasteiger partial charge is 0.495 e. The molecule has 3 atom stereocenters. The quantitative estimate of drug-likeness (QED) is 0.531. The van der Waals surface area contributed by atoms with Crippen molar-refractivity contribution in [1.82, 2.24) is 0 Å². The molecule has 0 amide bonds. The highest BCUT2D eigenvalue weighted by atomic mass is 19.1. The van der Waals surface area contributed by atoms with Crippen LogP contribution in [-0.2, 0) is 14.3 Å². The van der Waals surface area contributed by atoms with Crippen molar-refractivity contribution in [2.75, 3.05) is 20.3 Å². The molecule has 0 saturated heterocycles. The molecule has 0 fully saturated rings. The lowest BCUT2D eigenvalue weighted by molar-refractivity contribution is -0.111. The summed E-state index contributed by atoms with van der Waals surface area (Å²) in [5, 5.41) is 0. The average Bonchev–Trinajstić information content (AvgIpc) is 2.91. The van der Waals surface area contributed by atoms with E-state index >= 15 is 0 Å². The van der Waals surface area contributed by atoms with Gasteiger partial charge in [-0.3, -0.25) is 0 Å². The second-order valence-electron chi connectivity index (χ2n) is 3.75. The summed E-state index contributed by atoms with van der Waals surface area (Å²) in [5.74, 6) is -1.74. The lowest BCUT2D eigenvalue weighted by atomic mass is 9.93. The minimum Gasteiger partial charge on any atom is -0.495 e. The molecule has 0 radical (unpaired) electrons. The van der Waals surface area contributed by atoms with Crippen LogP contribution < -0.4 is 0 Å². The maximum absolute atomic E-state index is 13.4. The molecule has 0 aromatic rings. The third-order valence-electron chi connectivity index (χ3n) is 2.77. The molecule has 0 saturated carbocycles. The van der Waals surface area contributed by atoms with Gasteiger partial charge in [-0.15, -0.1) is 0 Å². The summed E-state index contributed by atoms with van der Waals surface area (Å²) in [6.07, 6.45) is 0.131. The van der Waals surface area contributed by atoms with Gasteiger partial charge in [0.25, 0.3) is 0 Å². The molecule has 0 bridgehead atoms. The molecule has 88 valence electrons. The van der Waals surface area contributed by atoms with Gasteiger partial charge < -0.3 is 14.3 Å². The monoisotopic (exact) mass is 230 g/mol. The fraction of sp³-hybridized carbons (Fsp3) is 0.545. The summed E-state index contributed by atoms with van der Waals surface area (Å²) >= 11 is 0. The van der Waals surface area contributed by atoms with Gasteiger partial charge in [-0.1, -0.05) is 0 Å². The molecule has 3 unspecified atom stereocenters. The van der Waals surface area contributed by atoms with Crippen molar-refractivity contribution in [1.29, 1.82) is 0 Å². The molecule has 5 heteroatoms. The van der Waals surface area contributed by atoms with E-state index in [0.717, 1.165) is 0 Å². The van der Waals surface area contributed by atoms with Gasteiger partial charge in [-0.05, 0) is 11.6 Å². The Morgan fingerprint density at radius 1 is 1.50 bits per heavy atom. The molecule has 2 aliphatic carbocycles. The van der Waals surface area contributed by atoms with Crippen molar-refractivity contribution in [3.8, 4) is 0 Å². The van der Waals surface area contributed by atoms with Crippen LogP contribution in [0.2, 0.25) is 0 Å². The van der Waals surface area contributed by atoms with E-state index in [2.05, 4.69) is 0 Å². The minimum atomic E-state index is -1.49. The van der Waals surface area contributed by atoms with E-state index in [-0.39, 0.29) is 17.9 Å². The molecule has 3 nitrogen and oxygen atoms in total. The first-order valence-corrected chi connectivity index (χ1v) is 5.03. The molecule has 0 aliphatic heterocycles. The minimum absolute atomic E-state index is 0.234. The number of rotatable bonds is 5. The molecular weight excluding hydrogens is 218 g/mol. The third kappa shape index (κ3) is 1.75. The van der Waals surface area contributed by atoms with E-state index in [1.54, 1.807) is 0 Å². The number of hydrogen-bond donors (Lipinski definition) is 0. The van der Waals surface area contributed by atoms with Gasteiger partial charge in [0.2, 0.25) is 0 Å². The van der Waals surface area contributed by atoms with Crippen LogP contribution in [0.1, 0.15) is 0 Å². The summed E-state index contributed by atoms with van der Waals surface area (Å²) < 4.78 is 36.7. The fourth-order valence-corrected chi connectivity index (χ4v) is 1.89. The van der Waals surface area contributed by atoms with Crippen LogP contribution in [0.5, 0.6) is 0 Å². The molecule has 2 aliphatic rings. The highest BCUT2D eigenvalue weighted by Crippen LogP contribution is 2.53. The zero-order valence-corrected chi connectivity index (χ0v) is 8.78. The van der Waals surface area contributed by atoms with E-state index in [0.29, 0.717) is 12.9 Å². The summed E-state index contributed by atoms with van der Waals surface area (Å²) in [6.45, 7) is 0.604. The van der Waals surface area contributed by atoms with Crippen molar-refractivity contribution < 1.29 is 23.0 Å². The topological polar surface area (TPSA) is 35.5 Å². The second kappa shape index (κ2) is 4.33. The number of carbonyl (C=O) groups excluding carboxylic acids is 1. The van der Waals surface area contributed by atoms with E-state index in [1.807, 2.05) is 0 Å². The Bertz CT molecular complexity index is 362. The van der Waals surface area contributed by atoms with Crippen molar-refractivity contribution in [3.63, 3.8) is 0 Å². The number of alkyl halides is 1. The number of aldehydes is 1. The van der Waals surface area contributed by atoms with Gasteiger partial charge in [0.1, 0.15) is 30.7 Å². The van der Waals surface area contributed by atoms with E-state index in [9.17, 15) is 13.6 Å². The third-order valence-corrected chi connectivity index (χ3v) is 2.77. The van der Waals surface area contributed by atoms with Gasteiger partial charge in [0.05, 0.1) is 18.4 Å². The van der Waals surface area contributed by atoms with Crippen LogP contribution in [0.4, 0.5) is 8.78 Å². The molecule has 0 heterocycles. The predicted octanol–water partition coefficient (Wildman–Crippen LogP) is 1.55. The van der Waals surface area contributed by atoms with Crippen molar-refractivity contribution >= 4 is 6.29 Å². The maximum atomic E-state index is 13.4. The van der Waals surface area contributed by atoms with Crippen LogP contribution >= 0.6 is 0 Å². The van der Waals surface area contributed by atoms with Crippen molar-refractivity contribution in [3.05, 3.63) is 23.2 Å². The lowest BCUT2D eigenvalue weighted by Crippen LogP contribution is -2.22. The van der Waals surface area contributed by atoms with Crippen molar-refractivity contribution in [2.45, 2.75) is 6.17 Å². The van der Waals surface area contributed by atoms with Crippen LogP contribution in [0, 0.1) is 11.8 Å². The van der Waals surface area contributed by atoms with E-state index < -0.39 is 23.8 Å².